The van der Waals surface area contributed by atoms with Crippen molar-refractivity contribution < 1.29 is 12.8 Å². The molecule has 0 atom stereocenters. The van der Waals surface area contributed by atoms with Crippen LogP contribution in [-0.4, -0.2) is 35.0 Å². The predicted octanol–water partition coefficient (Wildman–Crippen LogP) is 5.75. The molecule has 3 heterocycles. The first-order valence-corrected chi connectivity index (χ1v) is 13.0. The second-order valence-corrected chi connectivity index (χ2v) is 10.8. The number of imidazole rings is 1. The van der Waals surface area contributed by atoms with Crippen molar-refractivity contribution >= 4 is 37.6 Å². The first kappa shape index (κ1) is 22.9. The topological polar surface area (TPSA) is 83.9 Å². The minimum Gasteiger partial charge on any atom is -0.339 e. The molecule has 9 heteroatoms. The molecular formula is C28H22FN5O2S. The molecule has 3 aromatic carbocycles. The van der Waals surface area contributed by atoms with E-state index in [0.29, 0.717) is 11.3 Å². The molecule has 184 valence electrons. The normalized spacial score (nSPS) is 11.9. The molecule has 0 saturated carbocycles. The summed E-state index contributed by atoms with van der Waals surface area (Å²) in [5.41, 5.74) is 5.56. The summed E-state index contributed by atoms with van der Waals surface area (Å²) in [6.45, 7) is 0. The molecule has 0 aliphatic rings. The first-order valence-electron chi connectivity index (χ1n) is 11.6. The number of H-pyrrole nitrogens is 1. The molecule has 0 amide bonds. The number of nitrogens with zero attached hydrogens (tertiary/aromatic N) is 4. The number of hydrogen-bond donors (Lipinski definition) is 1. The SMILES string of the molecule is CN(c1ccc2[nH]c3ncc(-c4ccc(F)cc4)c(-c4ccccc4)c3c2c1)S(=O)(=O)c1cn(C)cn1. The van der Waals surface area contributed by atoms with Gasteiger partial charge in [0, 0.05) is 53.9 Å². The van der Waals surface area contributed by atoms with E-state index in [1.807, 2.05) is 42.5 Å². The van der Waals surface area contributed by atoms with Gasteiger partial charge in [0.25, 0.3) is 10.0 Å². The molecule has 0 saturated heterocycles. The number of halogens is 1. The second kappa shape index (κ2) is 8.56. The third kappa shape index (κ3) is 3.84. The molecule has 6 aromatic rings. The van der Waals surface area contributed by atoms with E-state index in [-0.39, 0.29) is 10.8 Å². The predicted molar refractivity (Wildman–Crippen MR) is 143 cm³/mol. The van der Waals surface area contributed by atoms with E-state index in [0.717, 1.165) is 38.5 Å². The fraction of sp³-hybridized carbons (Fsp3) is 0.0714. The van der Waals surface area contributed by atoms with Gasteiger partial charge in [-0.05, 0) is 41.5 Å². The summed E-state index contributed by atoms with van der Waals surface area (Å²) >= 11 is 0. The van der Waals surface area contributed by atoms with Crippen LogP contribution in [0, 0.1) is 5.82 Å². The zero-order valence-corrected chi connectivity index (χ0v) is 20.9. The minimum atomic E-state index is -3.85. The summed E-state index contributed by atoms with van der Waals surface area (Å²) in [6, 6.07) is 21.7. The van der Waals surface area contributed by atoms with Gasteiger partial charge in [0.1, 0.15) is 11.5 Å². The molecule has 6 rings (SSSR count). The molecule has 3 aromatic heterocycles. The number of sulfonamides is 1. The average Bonchev–Trinajstić information content (AvgIpc) is 3.52. The summed E-state index contributed by atoms with van der Waals surface area (Å²) in [5.74, 6) is -0.312. The third-order valence-corrected chi connectivity index (χ3v) is 8.16. The van der Waals surface area contributed by atoms with Crippen LogP contribution in [-0.2, 0) is 17.1 Å². The summed E-state index contributed by atoms with van der Waals surface area (Å²) in [7, 11) is -0.616. The summed E-state index contributed by atoms with van der Waals surface area (Å²) in [6.07, 6.45) is 4.71. The molecule has 0 unspecified atom stereocenters. The van der Waals surface area contributed by atoms with Gasteiger partial charge in [-0.2, -0.15) is 8.42 Å². The van der Waals surface area contributed by atoms with Crippen LogP contribution in [0.3, 0.4) is 0 Å². The van der Waals surface area contributed by atoms with Crippen LogP contribution in [0.4, 0.5) is 10.1 Å². The molecule has 37 heavy (non-hydrogen) atoms. The van der Waals surface area contributed by atoms with Gasteiger partial charge < -0.3 is 9.55 Å². The van der Waals surface area contributed by atoms with E-state index in [2.05, 4.69) is 15.0 Å². The van der Waals surface area contributed by atoms with Gasteiger partial charge in [0.15, 0.2) is 5.03 Å². The number of rotatable bonds is 5. The molecule has 0 aliphatic carbocycles. The highest BCUT2D eigenvalue weighted by atomic mass is 32.2. The van der Waals surface area contributed by atoms with Crippen molar-refractivity contribution in [2.75, 3.05) is 11.4 Å². The Kier molecular flexibility index (Phi) is 5.31. The standard InChI is InChI=1S/C28H22FN5O2S/c1-33-16-25(31-17-33)37(35,36)34(2)21-12-13-24-22(14-21)27-26(19-6-4-3-5-7-19)23(15-30-28(27)32-24)18-8-10-20(29)11-9-18/h3-17H,1-2H3,(H,30,32). The molecular weight excluding hydrogens is 489 g/mol. The van der Waals surface area contributed by atoms with Crippen LogP contribution >= 0.6 is 0 Å². The molecule has 1 N–H and O–H groups in total. The van der Waals surface area contributed by atoms with Gasteiger partial charge in [-0.3, -0.25) is 4.31 Å². The number of nitrogens with one attached hydrogen (secondary N) is 1. The van der Waals surface area contributed by atoms with Crippen LogP contribution in [0.15, 0.2) is 96.5 Å². The van der Waals surface area contributed by atoms with Gasteiger partial charge in [-0.15, -0.1) is 0 Å². The first-order chi connectivity index (χ1) is 17.8. The Bertz CT molecular complexity index is 1880. The minimum absolute atomic E-state index is 0.0261. The van der Waals surface area contributed by atoms with Crippen molar-refractivity contribution in [3.63, 3.8) is 0 Å². The third-order valence-electron chi connectivity index (χ3n) is 6.49. The van der Waals surface area contributed by atoms with E-state index >= 15 is 0 Å². The molecule has 0 radical (unpaired) electrons. The lowest BCUT2D eigenvalue weighted by atomic mass is 9.93. The number of aromatic amines is 1. The Morgan fingerprint density at radius 1 is 0.946 bits per heavy atom. The number of pyridine rings is 1. The maximum atomic E-state index is 13.7. The number of fused-ring (bicyclic) bond motifs is 3. The summed E-state index contributed by atoms with van der Waals surface area (Å²) in [4.78, 5) is 12.1. The fourth-order valence-electron chi connectivity index (χ4n) is 4.59. The lowest BCUT2D eigenvalue weighted by Crippen LogP contribution is -2.26. The lowest BCUT2D eigenvalue weighted by molar-refractivity contribution is 0.591. The molecule has 0 aliphatic heterocycles. The van der Waals surface area contributed by atoms with Crippen LogP contribution in [0.25, 0.3) is 44.2 Å². The number of aromatic nitrogens is 4. The smallest absolute Gasteiger partial charge is 0.283 e. The van der Waals surface area contributed by atoms with E-state index in [1.165, 1.54) is 36.0 Å². The molecule has 0 bridgehead atoms. The van der Waals surface area contributed by atoms with Crippen molar-refractivity contribution in [2.45, 2.75) is 5.03 Å². The fourth-order valence-corrected chi connectivity index (χ4v) is 5.75. The number of benzene rings is 3. The van der Waals surface area contributed by atoms with E-state index in [9.17, 15) is 12.8 Å². The maximum Gasteiger partial charge on any atom is 0.283 e. The van der Waals surface area contributed by atoms with Crippen molar-refractivity contribution in [3.05, 3.63) is 97.3 Å². The highest BCUT2D eigenvalue weighted by Crippen LogP contribution is 2.41. The molecule has 7 nitrogen and oxygen atoms in total. The largest absolute Gasteiger partial charge is 0.339 e. The zero-order valence-electron chi connectivity index (χ0n) is 20.1. The van der Waals surface area contributed by atoms with Crippen molar-refractivity contribution in [1.82, 2.24) is 19.5 Å². The quantitative estimate of drug-likeness (QED) is 0.320. The lowest BCUT2D eigenvalue weighted by Gasteiger charge is -2.18. The highest BCUT2D eigenvalue weighted by molar-refractivity contribution is 7.92. The molecule has 0 spiro atoms. The number of anilines is 1. The van der Waals surface area contributed by atoms with Gasteiger partial charge in [0.2, 0.25) is 0 Å². The molecule has 0 fully saturated rings. The monoisotopic (exact) mass is 511 g/mol. The van der Waals surface area contributed by atoms with E-state index in [4.69, 9.17) is 0 Å². The van der Waals surface area contributed by atoms with Crippen molar-refractivity contribution in [3.8, 4) is 22.3 Å². The van der Waals surface area contributed by atoms with E-state index in [1.54, 1.807) is 36.0 Å². The van der Waals surface area contributed by atoms with Crippen LogP contribution in [0.1, 0.15) is 0 Å². The van der Waals surface area contributed by atoms with Gasteiger partial charge in [-0.25, -0.2) is 14.4 Å². The van der Waals surface area contributed by atoms with Gasteiger partial charge >= 0.3 is 0 Å². The van der Waals surface area contributed by atoms with E-state index < -0.39 is 10.0 Å². The Morgan fingerprint density at radius 3 is 2.41 bits per heavy atom. The van der Waals surface area contributed by atoms with Crippen LogP contribution < -0.4 is 4.31 Å². The average molecular weight is 512 g/mol. The van der Waals surface area contributed by atoms with Crippen molar-refractivity contribution in [2.24, 2.45) is 7.05 Å². The van der Waals surface area contributed by atoms with Gasteiger partial charge in [0.05, 0.1) is 12.0 Å². The summed E-state index contributed by atoms with van der Waals surface area (Å²) < 4.78 is 43.0. The van der Waals surface area contributed by atoms with Crippen LogP contribution in [0.5, 0.6) is 0 Å². The summed E-state index contributed by atoms with van der Waals surface area (Å²) in [5, 5.41) is 1.65. The van der Waals surface area contributed by atoms with Crippen molar-refractivity contribution in [1.29, 1.82) is 0 Å². The van der Waals surface area contributed by atoms with Gasteiger partial charge in [-0.1, -0.05) is 42.5 Å². The Balaban J connectivity index is 1.61. The number of hydrogen-bond acceptors (Lipinski definition) is 4. The highest BCUT2D eigenvalue weighted by Gasteiger charge is 2.25. The zero-order chi connectivity index (χ0) is 25.7. The Labute approximate surface area is 212 Å². The Morgan fingerprint density at radius 2 is 1.70 bits per heavy atom. The number of aryl methyl sites for hydroxylation is 1. The second-order valence-electron chi connectivity index (χ2n) is 8.85. The Hall–Kier alpha value is -4.50. The maximum absolute atomic E-state index is 13.7. The van der Waals surface area contributed by atoms with Crippen LogP contribution in [0.2, 0.25) is 0 Å².